The Hall–Kier alpha value is -2.63. The standard InChI is InChI=1S/C12H9N3O3/c1-6(16)11-13-5-9(14-11)7-2-3-10-8(4-7)15-12(17)18-10/h2-5H,1H3,(H,13,14)(H,15,17). The minimum atomic E-state index is -0.490. The van der Waals surface area contributed by atoms with Gasteiger partial charge in [0.15, 0.2) is 17.2 Å². The predicted molar refractivity (Wildman–Crippen MR) is 64.4 cm³/mol. The molecular formula is C12H9N3O3. The zero-order valence-corrected chi connectivity index (χ0v) is 9.48. The highest BCUT2D eigenvalue weighted by Gasteiger charge is 2.08. The van der Waals surface area contributed by atoms with Crippen LogP contribution in [0.25, 0.3) is 22.4 Å². The molecule has 0 saturated carbocycles. The van der Waals surface area contributed by atoms with E-state index in [4.69, 9.17) is 4.42 Å². The molecule has 6 nitrogen and oxygen atoms in total. The number of nitrogens with one attached hydrogen (secondary N) is 2. The number of hydrogen-bond donors (Lipinski definition) is 2. The van der Waals surface area contributed by atoms with E-state index in [2.05, 4.69) is 15.0 Å². The number of aromatic amines is 2. The van der Waals surface area contributed by atoms with Crippen molar-refractivity contribution in [3.8, 4) is 11.3 Å². The van der Waals surface area contributed by atoms with Gasteiger partial charge in [0.05, 0.1) is 17.4 Å². The number of nitrogens with zero attached hydrogens (tertiary/aromatic N) is 1. The first-order valence-electron chi connectivity index (χ1n) is 5.33. The summed E-state index contributed by atoms with van der Waals surface area (Å²) >= 11 is 0. The molecule has 0 aliphatic carbocycles. The van der Waals surface area contributed by atoms with E-state index < -0.39 is 5.76 Å². The lowest BCUT2D eigenvalue weighted by molar-refractivity contribution is 0.100. The van der Waals surface area contributed by atoms with Crippen LogP contribution in [0.5, 0.6) is 0 Å². The Balaban J connectivity index is 2.12. The van der Waals surface area contributed by atoms with E-state index in [-0.39, 0.29) is 5.78 Å². The quantitative estimate of drug-likeness (QED) is 0.670. The first-order valence-corrected chi connectivity index (χ1v) is 5.33. The summed E-state index contributed by atoms with van der Waals surface area (Å²) in [5.41, 5.74) is 2.63. The van der Waals surface area contributed by atoms with Crippen molar-refractivity contribution in [3.05, 3.63) is 40.8 Å². The van der Waals surface area contributed by atoms with Crippen LogP contribution in [-0.2, 0) is 0 Å². The maximum absolute atomic E-state index is 11.1. The van der Waals surface area contributed by atoms with Crippen LogP contribution >= 0.6 is 0 Å². The van der Waals surface area contributed by atoms with E-state index in [0.717, 1.165) is 5.56 Å². The summed E-state index contributed by atoms with van der Waals surface area (Å²) in [6.45, 7) is 1.44. The number of carbonyl (C=O) groups excluding carboxylic acids is 1. The van der Waals surface area contributed by atoms with Gasteiger partial charge in [-0.25, -0.2) is 9.78 Å². The number of H-pyrrole nitrogens is 2. The average molecular weight is 243 g/mol. The predicted octanol–water partition coefficient (Wildman–Crippen LogP) is 1.71. The third-order valence-electron chi connectivity index (χ3n) is 2.64. The number of benzene rings is 1. The maximum Gasteiger partial charge on any atom is 0.417 e. The lowest BCUT2D eigenvalue weighted by Crippen LogP contribution is -1.94. The van der Waals surface area contributed by atoms with Gasteiger partial charge in [-0.2, -0.15) is 0 Å². The van der Waals surface area contributed by atoms with Crippen molar-refractivity contribution < 1.29 is 9.21 Å². The van der Waals surface area contributed by atoms with Crippen LogP contribution in [0.3, 0.4) is 0 Å². The van der Waals surface area contributed by atoms with Gasteiger partial charge in [-0.05, 0) is 18.2 Å². The van der Waals surface area contributed by atoms with Gasteiger partial charge in [-0.3, -0.25) is 9.78 Å². The molecule has 0 saturated heterocycles. The monoisotopic (exact) mass is 243 g/mol. The summed E-state index contributed by atoms with van der Waals surface area (Å²) in [5, 5.41) is 0. The molecule has 3 rings (SSSR count). The van der Waals surface area contributed by atoms with Gasteiger partial charge < -0.3 is 9.40 Å². The first-order chi connectivity index (χ1) is 8.63. The molecule has 2 N–H and O–H groups in total. The molecule has 0 aliphatic rings. The van der Waals surface area contributed by atoms with Crippen LogP contribution in [0.4, 0.5) is 0 Å². The lowest BCUT2D eigenvalue weighted by Gasteiger charge is -1.96. The van der Waals surface area contributed by atoms with Crippen molar-refractivity contribution in [1.29, 1.82) is 0 Å². The van der Waals surface area contributed by atoms with Crippen LogP contribution < -0.4 is 5.76 Å². The summed E-state index contributed by atoms with van der Waals surface area (Å²) in [7, 11) is 0. The Morgan fingerprint density at radius 3 is 2.89 bits per heavy atom. The Morgan fingerprint density at radius 2 is 2.17 bits per heavy atom. The van der Waals surface area contributed by atoms with Crippen molar-refractivity contribution in [3.63, 3.8) is 0 Å². The smallest absolute Gasteiger partial charge is 0.408 e. The first kappa shape index (κ1) is 10.5. The fourth-order valence-corrected chi connectivity index (χ4v) is 1.77. The second-order valence-corrected chi connectivity index (χ2v) is 3.93. The topological polar surface area (TPSA) is 91.8 Å². The molecule has 0 aliphatic heterocycles. The van der Waals surface area contributed by atoms with Crippen molar-refractivity contribution in [2.24, 2.45) is 0 Å². The molecule has 3 aromatic rings. The number of carbonyl (C=O) groups is 1. The second kappa shape index (κ2) is 3.69. The molecule has 0 unspecified atom stereocenters. The fourth-order valence-electron chi connectivity index (χ4n) is 1.77. The molecule has 0 amide bonds. The summed E-state index contributed by atoms with van der Waals surface area (Å²) in [6, 6.07) is 5.24. The molecular weight excluding hydrogens is 234 g/mol. The van der Waals surface area contributed by atoms with Crippen LogP contribution in [0.1, 0.15) is 17.5 Å². The Kier molecular flexibility index (Phi) is 2.16. The van der Waals surface area contributed by atoms with Gasteiger partial charge in [0, 0.05) is 12.5 Å². The number of imidazole rings is 1. The van der Waals surface area contributed by atoms with Gasteiger partial charge >= 0.3 is 5.76 Å². The van der Waals surface area contributed by atoms with Crippen LogP contribution in [-0.4, -0.2) is 20.7 Å². The van der Waals surface area contributed by atoms with Crippen LogP contribution in [0.15, 0.2) is 33.6 Å². The number of hydrogen-bond acceptors (Lipinski definition) is 4. The third kappa shape index (κ3) is 1.64. The molecule has 18 heavy (non-hydrogen) atoms. The van der Waals surface area contributed by atoms with Gasteiger partial charge in [0.2, 0.25) is 0 Å². The highest BCUT2D eigenvalue weighted by atomic mass is 16.4. The van der Waals surface area contributed by atoms with Crippen molar-refractivity contribution in [2.75, 3.05) is 0 Å². The largest absolute Gasteiger partial charge is 0.417 e. The van der Waals surface area contributed by atoms with Crippen molar-refractivity contribution in [1.82, 2.24) is 15.0 Å². The molecule has 2 aromatic heterocycles. The zero-order chi connectivity index (χ0) is 12.7. The van der Waals surface area contributed by atoms with Crippen LogP contribution in [0.2, 0.25) is 0 Å². The minimum Gasteiger partial charge on any atom is -0.408 e. The number of Topliss-reactive ketones (excluding diaryl/α,β-unsaturated/α-hetero) is 1. The summed E-state index contributed by atoms with van der Waals surface area (Å²) < 4.78 is 4.91. The SMILES string of the molecule is CC(=O)c1ncc(-c2ccc3oc(=O)[nH]c3c2)[nH]1. The zero-order valence-electron chi connectivity index (χ0n) is 9.48. The van der Waals surface area contributed by atoms with E-state index in [9.17, 15) is 9.59 Å². The maximum atomic E-state index is 11.1. The van der Waals surface area contributed by atoms with E-state index in [1.807, 2.05) is 0 Å². The van der Waals surface area contributed by atoms with Crippen molar-refractivity contribution in [2.45, 2.75) is 6.92 Å². The number of oxazole rings is 1. The van der Waals surface area contributed by atoms with Crippen LogP contribution in [0, 0.1) is 0 Å². The normalized spacial score (nSPS) is 10.9. The van der Waals surface area contributed by atoms with E-state index in [1.165, 1.54) is 6.92 Å². The molecule has 2 heterocycles. The van der Waals surface area contributed by atoms with Gasteiger partial charge in [0.25, 0.3) is 0 Å². The molecule has 0 spiro atoms. The van der Waals surface area contributed by atoms with Gasteiger partial charge in [-0.15, -0.1) is 0 Å². The fraction of sp³-hybridized carbons (Fsp3) is 0.0833. The van der Waals surface area contributed by atoms with Gasteiger partial charge in [-0.1, -0.05) is 0 Å². The number of rotatable bonds is 2. The van der Waals surface area contributed by atoms with Gasteiger partial charge in [0.1, 0.15) is 0 Å². The number of aromatic nitrogens is 3. The Bertz CT molecular complexity index is 794. The second-order valence-electron chi connectivity index (χ2n) is 3.93. The summed E-state index contributed by atoms with van der Waals surface area (Å²) in [5.74, 6) is -0.305. The molecule has 1 aromatic carbocycles. The van der Waals surface area contributed by atoms with E-state index in [0.29, 0.717) is 22.6 Å². The molecule has 0 fully saturated rings. The van der Waals surface area contributed by atoms with E-state index in [1.54, 1.807) is 24.4 Å². The molecule has 0 radical (unpaired) electrons. The van der Waals surface area contributed by atoms with E-state index >= 15 is 0 Å². The molecule has 6 heteroatoms. The molecule has 0 atom stereocenters. The summed E-state index contributed by atoms with van der Waals surface area (Å²) in [4.78, 5) is 31.7. The number of ketones is 1. The minimum absolute atomic E-state index is 0.126. The Morgan fingerprint density at radius 1 is 1.33 bits per heavy atom. The number of fused-ring (bicyclic) bond motifs is 1. The highest BCUT2D eigenvalue weighted by Crippen LogP contribution is 2.21. The lowest BCUT2D eigenvalue weighted by atomic mass is 10.1. The van der Waals surface area contributed by atoms with Crippen molar-refractivity contribution >= 4 is 16.9 Å². The summed E-state index contributed by atoms with van der Waals surface area (Å²) in [6.07, 6.45) is 1.58. The third-order valence-corrected chi connectivity index (χ3v) is 2.64. The Labute approximate surface area is 101 Å². The average Bonchev–Trinajstić information content (AvgIpc) is 2.91. The molecule has 0 bridgehead atoms. The molecule has 90 valence electrons. The highest BCUT2D eigenvalue weighted by molar-refractivity contribution is 5.91.